The van der Waals surface area contributed by atoms with Gasteiger partial charge in [-0.1, -0.05) is 72.8 Å². The van der Waals surface area contributed by atoms with Crippen LogP contribution in [0.2, 0.25) is 0 Å². The fourth-order valence-electron chi connectivity index (χ4n) is 5.63. The molecule has 5 heteroatoms. The quantitative estimate of drug-likeness (QED) is 0.142. The second kappa shape index (κ2) is 9.96. The molecule has 0 saturated carbocycles. The average Bonchev–Trinajstić information content (AvgIpc) is 2.98. The summed E-state index contributed by atoms with van der Waals surface area (Å²) in [5.74, 6) is 0.341. The van der Waals surface area contributed by atoms with Crippen LogP contribution in [0.1, 0.15) is 23.6 Å². The van der Waals surface area contributed by atoms with Crippen LogP contribution < -0.4 is 0 Å². The van der Waals surface area contributed by atoms with Gasteiger partial charge in [0.2, 0.25) is 0 Å². The fourth-order valence-corrected chi connectivity index (χ4v) is 5.63. The summed E-state index contributed by atoms with van der Waals surface area (Å²) < 4.78 is 0. The van der Waals surface area contributed by atoms with Gasteiger partial charge in [-0.2, -0.15) is 0 Å². The Balaban J connectivity index is 1.66. The van der Waals surface area contributed by atoms with Crippen molar-refractivity contribution < 1.29 is 25.5 Å². The highest BCUT2D eigenvalue weighted by molar-refractivity contribution is 5.90. The van der Waals surface area contributed by atoms with E-state index in [1.54, 1.807) is 72.8 Å². The molecule has 5 nitrogen and oxygen atoms in total. The Labute approximate surface area is 237 Å². The van der Waals surface area contributed by atoms with E-state index >= 15 is 0 Å². The van der Waals surface area contributed by atoms with E-state index in [0.29, 0.717) is 22.1 Å². The van der Waals surface area contributed by atoms with Gasteiger partial charge >= 0.3 is 0 Å². The van der Waals surface area contributed by atoms with E-state index in [1.165, 1.54) is 0 Å². The van der Waals surface area contributed by atoms with E-state index in [4.69, 9.17) is 0 Å². The van der Waals surface area contributed by atoms with Gasteiger partial charge < -0.3 is 25.5 Å². The lowest BCUT2D eigenvalue weighted by molar-refractivity contribution is 0.431. The largest absolute Gasteiger partial charge is 0.508 e. The van der Waals surface area contributed by atoms with Gasteiger partial charge in [0.1, 0.15) is 28.7 Å². The maximum absolute atomic E-state index is 11.7. The van der Waals surface area contributed by atoms with Gasteiger partial charge in [0.25, 0.3) is 0 Å². The molecule has 0 aliphatic heterocycles. The van der Waals surface area contributed by atoms with Crippen molar-refractivity contribution in [3.8, 4) is 51.0 Å². The molecular weight excluding hydrogens is 512 g/mol. The van der Waals surface area contributed by atoms with Gasteiger partial charge in [-0.15, -0.1) is 0 Å². The van der Waals surface area contributed by atoms with Crippen LogP contribution in [0, 0.1) is 0 Å². The first-order valence-corrected chi connectivity index (χ1v) is 13.2. The van der Waals surface area contributed by atoms with Crippen molar-refractivity contribution in [1.82, 2.24) is 0 Å². The van der Waals surface area contributed by atoms with E-state index < -0.39 is 5.41 Å². The summed E-state index contributed by atoms with van der Waals surface area (Å²) in [5, 5.41) is 55.6. The molecule has 0 aliphatic rings. The standard InChI is InChI=1S/C36H28O5/c1-36(30-17-10-24-4-2-3-5-29(24)35(30)41,31-20-25(11-18-33(31)39)22-6-13-27(37)14-7-22)32-21-26(12-19-34(32)40)23-8-15-28(38)16-9-23/h2-21,37-41H,1H3. The first-order valence-electron chi connectivity index (χ1n) is 13.2. The smallest absolute Gasteiger partial charge is 0.127 e. The zero-order chi connectivity index (χ0) is 28.7. The highest BCUT2D eigenvalue weighted by atomic mass is 16.3. The van der Waals surface area contributed by atoms with Crippen molar-refractivity contribution in [2.75, 3.05) is 0 Å². The van der Waals surface area contributed by atoms with Crippen molar-refractivity contribution in [2.45, 2.75) is 12.3 Å². The Bertz CT molecular complexity index is 1790. The molecular formula is C36H28O5. The summed E-state index contributed by atoms with van der Waals surface area (Å²) in [5.41, 5.74) is 3.48. The van der Waals surface area contributed by atoms with Crippen LogP contribution in [0.4, 0.5) is 0 Å². The minimum Gasteiger partial charge on any atom is -0.508 e. The molecule has 5 N–H and O–H groups in total. The molecule has 6 aromatic carbocycles. The molecule has 6 aromatic rings. The second-order valence-corrected chi connectivity index (χ2v) is 10.4. The number of phenols is 5. The van der Waals surface area contributed by atoms with Gasteiger partial charge in [0, 0.05) is 22.1 Å². The SMILES string of the molecule is CC(c1cc(-c2ccc(O)cc2)ccc1O)(c1cc(-c2ccc(O)cc2)ccc1O)c1ccc2ccccc2c1O. The Kier molecular flexibility index (Phi) is 6.27. The lowest BCUT2D eigenvalue weighted by atomic mass is 9.68. The van der Waals surface area contributed by atoms with Gasteiger partial charge in [-0.25, -0.2) is 0 Å². The lowest BCUT2D eigenvalue weighted by Gasteiger charge is -2.34. The fraction of sp³-hybridized carbons (Fsp3) is 0.0556. The Morgan fingerprint density at radius 1 is 0.439 bits per heavy atom. The molecule has 0 fully saturated rings. The van der Waals surface area contributed by atoms with Crippen molar-refractivity contribution in [3.05, 3.63) is 138 Å². The van der Waals surface area contributed by atoms with E-state index in [9.17, 15) is 25.5 Å². The van der Waals surface area contributed by atoms with Crippen molar-refractivity contribution in [2.24, 2.45) is 0 Å². The normalized spacial score (nSPS) is 11.5. The van der Waals surface area contributed by atoms with Crippen molar-refractivity contribution >= 4 is 10.8 Å². The Morgan fingerprint density at radius 2 is 0.902 bits per heavy atom. The van der Waals surface area contributed by atoms with Crippen LogP contribution in [-0.4, -0.2) is 25.5 Å². The highest BCUT2D eigenvalue weighted by Crippen LogP contribution is 2.51. The number of hydrogen-bond donors (Lipinski definition) is 5. The molecule has 0 unspecified atom stereocenters. The number of benzene rings is 6. The molecule has 202 valence electrons. The molecule has 0 spiro atoms. The molecule has 0 amide bonds. The van der Waals surface area contributed by atoms with E-state index in [0.717, 1.165) is 27.6 Å². The van der Waals surface area contributed by atoms with Crippen LogP contribution in [0.5, 0.6) is 28.7 Å². The molecule has 0 saturated heterocycles. The van der Waals surface area contributed by atoms with E-state index in [1.807, 2.05) is 55.5 Å². The van der Waals surface area contributed by atoms with Crippen LogP contribution in [-0.2, 0) is 5.41 Å². The molecule has 0 aliphatic carbocycles. The molecule has 0 heterocycles. The highest BCUT2D eigenvalue weighted by Gasteiger charge is 2.39. The minimum atomic E-state index is -1.22. The summed E-state index contributed by atoms with van der Waals surface area (Å²) in [6, 6.07) is 35.3. The Hall–Kier alpha value is -5.42. The summed E-state index contributed by atoms with van der Waals surface area (Å²) in [6.07, 6.45) is 0. The number of rotatable bonds is 5. The first kappa shape index (κ1) is 25.8. The van der Waals surface area contributed by atoms with Crippen LogP contribution >= 0.6 is 0 Å². The molecule has 0 bridgehead atoms. The number of hydrogen-bond acceptors (Lipinski definition) is 5. The Morgan fingerprint density at radius 3 is 1.41 bits per heavy atom. The zero-order valence-electron chi connectivity index (χ0n) is 22.3. The molecule has 41 heavy (non-hydrogen) atoms. The number of aromatic hydroxyl groups is 5. The topological polar surface area (TPSA) is 101 Å². The van der Waals surface area contributed by atoms with Gasteiger partial charge in [-0.3, -0.25) is 0 Å². The molecule has 0 atom stereocenters. The predicted molar refractivity (Wildman–Crippen MR) is 162 cm³/mol. The van der Waals surface area contributed by atoms with Gasteiger partial charge in [0.15, 0.2) is 0 Å². The molecule has 6 rings (SSSR count). The molecule has 0 aromatic heterocycles. The van der Waals surface area contributed by atoms with Gasteiger partial charge in [-0.05, 0) is 83.1 Å². The first-order chi connectivity index (χ1) is 19.8. The minimum absolute atomic E-state index is 0.00276. The average molecular weight is 541 g/mol. The molecule has 0 radical (unpaired) electrons. The van der Waals surface area contributed by atoms with Gasteiger partial charge in [0.05, 0.1) is 5.41 Å². The third-order valence-electron chi connectivity index (χ3n) is 7.91. The van der Waals surface area contributed by atoms with Crippen molar-refractivity contribution in [1.29, 1.82) is 0 Å². The summed E-state index contributed by atoms with van der Waals surface area (Å²) in [6.45, 7) is 1.88. The maximum atomic E-state index is 11.7. The third-order valence-corrected chi connectivity index (χ3v) is 7.91. The van der Waals surface area contributed by atoms with Crippen LogP contribution in [0.25, 0.3) is 33.0 Å². The number of phenolic OH excluding ortho intramolecular Hbond substituents is 5. The maximum Gasteiger partial charge on any atom is 0.127 e. The summed E-state index contributed by atoms with van der Waals surface area (Å²) >= 11 is 0. The van der Waals surface area contributed by atoms with Crippen molar-refractivity contribution in [3.63, 3.8) is 0 Å². The van der Waals surface area contributed by atoms with Crippen LogP contribution in [0.15, 0.2) is 121 Å². The summed E-state index contributed by atoms with van der Waals surface area (Å²) in [4.78, 5) is 0. The van der Waals surface area contributed by atoms with E-state index in [2.05, 4.69) is 0 Å². The van der Waals surface area contributed by atoms with Crippen LogP contribution in [0.3, 0.4) is 0 Å². The summed E-state index contributed by atoms with van der Waals surface area (Å²) in [7, 11) is 0. The number of fused-ring (bicyclic) bond motifs is 1. The predicted octanol–water partition coefficient (Wildman–Crippen LogP) is 8.06. The van der Waals surface area contributed by atoms with E-state index in [-0.39, 0.29) is 28.7 Å². The zero-order valence-corrected chi connectivity index (χ0v) is 22.3. The third kappa shape index (κ3) is 4.47. The second-order valence-electron chi connectivity index (χ2n) is 10.4. The lowest BCUT2D eigenvalue weighted by Crippen LogP contribution is -2.26. The monoisotopic (exact) mass is 540 g/mol.